The highest BCUT2D eigenvalue weighted by Crippen LogP contribution is 2.24. The summed E-state index contributed by atoms with van der Waals surface area (Å²) >= 11 is 0. The second-order valence-electron chi connectivity index (χ2n) is 5.65. The lowest BCUT2D eigenvalue weighted by molar-refractivity contribution is 0.122. The second kappa shape index (κ2) is 5.36. The summed E-state index contributed by atoms with van der Waals surface area (Å²) in [6, 6.07) is 0.0881. The van der Waals surface area contributed by atoms with Gasteiger partial charge in [0.15, 0.2) is 0 Å². The van der Waals surface area contributed by atoms with Gasteiger partial charge in [-0.2, -0.15) is 5.10 Å². The van der Waals surface area contributed by atoms with E-state index >= 15 is 0 Å². The maximum atomic E-state index is 6.42. The average Bonchev–Trinajstić information content (AvgIpc) is 2.99. The van der Waals surface area contributed by atoms with E-state index in [9.17, 15) is 0 Å². The SMILES string of the molecule is CCn1ncnc1CC(N)C(C)(C)N1CCCC1. The lowest BCUT2D eigenvalue weighted by Crippen LogP contribution is -2.56. The highest BCUT2D eigenvalue weighted by atomic mass is 15.3. The Labute approximate surface area is 109 Å². The minimum absolute atomic E-state index is 0.0288. The van der Waals surface area contributed by atoms with E-state index in [1.54, 1.807) is 6.33 Å². The van der Waals surface area contributed by atoms with Gasteiger partial charge in [-0.25, -0.2) is 4.98 Å². The van der Waals surface area contributed by atoms with Crippen LogP contribution in [-0.4, -0.2) is 44.3 Å². The van der Waals surface area contributed by atoms with E-state index in [0.717, 1.165) is 18.8 Å². The van der Waals surface area contributed by atoms with E-state index in [2.05, 4.69) is 35.8 Å². The molecule has 1 aliphatic rings. The normalized spacial score (nSPS) is 19.3. The number of aryl methyl sites for hydroxylation is 1. The van der Waals surface area contributed by atoms with Gasteiger partial charge in [0.2, 0.25) is 0 Å². The Morgan fingerprint density at radius 2 is 2.06 bits per heavy atom. The Bertz CT molecular complexity index is 378. The summed E-state index contributed by atoms with van der Waals surface area (Å²) in [7, 11) is 0. The molecule has 1 atom stereocenters. The summed E-state index contributed by atoms with van der Waals surface area (Å²) in [6.45, 7) is 9.76. The number of rotatable bonds is 5. The van der Waals surface area contributed by atoms with Crippen LogP contribution >= 0.6 is 0 Å². The standard InChI is InChI=1S/C13H25N5/c1-4-18-12(15-10-16-18)9-11(14)13(2,3)17-7-5-6-8-17/h10-11H,4-9,14H2,1-3H3. The van der Waals surface area contributed by atoms with Gasteiger partial charge in [0.1, 0.15) is 12.2 Å². The van der Waals surface area contributed by atoms with Gasteiger partial charge >= 0.3 is 0 Å². The van der Waals surface area contributed by atoms with Crippen molar-refractivity contribution in [3.8, 4) is 0 Å². The molecular formula is C13H25N5. The van der Waals surface area contributed by atoms with Crippen LogP contribution in [0.3, 0.4) is 0 Å². The van der Waals surface area contributed by atoms with Gasteiger partial charge < -0.3 is 5.73 Å². The van der Waals surface area contributed by atoms with Crippen LogP contribution in [0.25, 0.3) is 0 Å². The smallest absolute Gasteiger partial charge is 0.138 e. The van der Waals surface area contributed by atoms with Crippen molar-refractivity contribution < 1.29 is 0 Å². The Kier molecular flexibility index (Phi) is 4.02. The van der Waals surface area contributed by atoms with E-state index in [1.165, 1.54) is 25.9 Å². The van der Waals surface area contributed by atoms with Crippen LogP contribution in [0.2, 0.25) is 0 Å². The molecule has 0 amide bonds. The zero-order valence-corrected chi connectivity index (χ0v) is 11.8. The highest BCUT2D eigenvalue weighted by molar-refractivity contribution is 4.99. The average molecular weight is 251 g/mol. The first-order valence-corrected chi connectivity index (χ1v) is 6.93. The van der Waals surface area contributed by atoms with E-state index in [4.69, 9.17) is 5.73 Å². The molecule has 0 aliphatic carbocycles. The van der Waals surface area contributed by atoms with Crippen LogP contribution in [0, 0.1) is 0 Å². The third-order valence-electron chi connectivity index (χ3n) is 4.23. The summed E-state index contributed by atoms with van der Waals surface area (Å²) in [4.78, 5) is 6.82. The first kappa shape index (κ1) is 13.5. The molecule has 5 nitrogen and oxygen atoms in total. The third-order valence-corrected chi connectivity index (χ3v) is 4.23. The summed E-state index contributed by atoms with van der Waals surface area (Å²) in [5.74, 6) is 0.997. The predicted octanol–water partition coefficient (Wildman–Crippen LogP) is 1.04. The molecule has 0 aromatic carbocycles. The van der Waals surface area contributed by atoms with E-state index in [0.29, 0.717) is 0 Å². The lowest BCUT2D eigenvalue weighted by Gasteiger charge is -2.40. The second-order valence-corrected chi connectivity index (χ2v) is 5.65. The molecule has 1 aliphatic heterocycles. The van der Waals surface area contributed by atoms with Crippen molar-refractivity contribution in [3.63, 3.8) is 0 Å². The Morgan fingerprint density at radius 3 is 2.67 bits per heavy atom. The van der Waals surface area contributed by atoms with E-state index in [1.807, 2.05) is 4.68 Å². The molecule has 1 fully saturated rings. The maximum Gasteiger partial charge on any atom is 0.138 e. The number of nitrogens with zero attached hydrogens (tertiary/aromatic N) is 4. The summed E-state index contributed by atoms with van der Waals surface area (Å²) in [5.41, 5.74) is 6.45. The minimum Gasteiger partial charge on any atom is -0.326 e. The number of likely N-dealkylation sites (tertiary alicyclic amines) is 1. The number of nitrogens with two attached hydrogens (primary N) is 1. The molecule has 5 heteroatoms. The van der Waals surface area contributed by atoms with Gasteiger partial charge in [0, 0.05) is 24.5 Å². The number of aromatic nitrogens is 3. The molecular weight excluding hydrogens is 226 g/mol. The molecule has 1 unspecified atom stereocenters. The largest absolute Gasteiger partial charge is 0.326 e. The van der Waals surface area contributed by atoms with Crippen LogP contribution in [0.4, 0.5) is 0 Å². The molecule has 102 valence electrons. The van der Waals surface area contributed by atoms with Gasteiger partial charge in [0.25, 0.3) is 0 Å². The van der Waals surface area contributed by atoms with Crippen LogP contribution in [0.15, 0.2) is 6.33 Å². The zero-order chi connectivity index (χ0) is 13.2. The zero-order valence-electron chi connectivity index (χ0n) is 11.8. The quantitative estimate of drug-likeness (QED) is 0.849. The Balaban J connectivity index is 2.04. The minimum atomic E-state index is 0.0288. The third kappa shape index (κ3) is 2.57. The Hall–Kier alpha value is -0.940. The summed E-state index contributed by atoms with van der Waals surface area (Å²) in [5, 5.41) is 4.20. The van der Waals surface area contributed by atoms with Gasteiger partial charge in [0.05, 0.1) is 0 Å². The van der Waals surface area contributed by atoms with Crippen molar-refractivity contribution >= 4 is 0 Å². The number of hydrogen-bond donors (Lipinski definition) is 1. The molecule has 2 heterocycles. The van der Waals surface area contributed by atoms with Gasteiger partial charge in [-0.05, 0) is 46.7 Å². The van der Waals surface area contributed by atoms with E-state index in [-0.39, 0.29) is 11.6 Å². The molecule has 2 rings (SSSR count). The van der Waals surface area contributed by atoms with Crippen molar-refractivity contribution in [1.29, 1.82) is 0 Å². The molecule has 18 heavy (non-hydrogen) atoms. The fourth-order valence-electron chi connectivity index (χ4n) is 2.68. The first-order chi connectivity index (χ1) is 8.55. The van der Waals surface area contributed by atoms with Crippen molar-refractivity contribution in [3.05, 3.63) is 12.2 Å². The van der Waals surface area contributed by atoms with Crippen molar-refractivity contribution in [2.45, 2.75) is 58.2 Å². The fraction of sp³-hybridized carbons (Fsp3) is 0.846. The van der Waals surface area contributed by atoms with Gasteiger partial charge in [-0.3, -0.25) is 9.58 Å². The van der Waals surface area contributed by atoms with Crippen LogP contribution in [0.5, 0.6) is 0 Å². The highest BCUT2D eigenvalue weighted by Gasteiger charge is 2.35. The molecule has 1 aromatic heterocycles. The monoisotopic (exact) mass is 251 g/mol. The predicted molar refractivity (Wildman–Crippen MR) is 72.3 cm³/mol. The van der Waals surface area contributed by atoms with Crippen molar-refractivity contribution in [2.24, 2.45) is 5.73 Å². The van der Waals surface area contributed by atoms with Crippen LogP contribution in [0.1, 0.15) is 39.4 Å². The van der Waals surface area contributed by atoms with Crippen LogP contribution < -0.4 is 5.73 Å². The molecule has 1 aromatic rings. The summed E-state index contributed by atoms with van der Waals surface area (Å²) < 4.78 is 1.93. The summed E-state index contributed by atoms with van der Waals surface area (Å²) in [6.07, 6.45) is 4.99. The molecule has 0 radical (unpaired) electrons. The van der Waals surface area contributed by atoms with E-state index < -0.39 is 0 Å². The molecule has 1 saturated heterocycles. The first-order valence-electron chi connectivity index (χ1n) is 6.93. The molecule has 0 bridgehead atoms. The van der Waals surface area contributed by atoms with Crippen molar-refractivity contribution in [2.75, 3.05) is 13.1 Å². The van der Waals surface area contributed by atoms with Gasteiger partial charge in [-0.1, -0.05) is 0 Å². The Morgan fingerprint density at radius 1 is 1.39 bits per heavy atom. The lowest BCUT2D eigenvalue weighted by atomic mass is 9.90. The molecule has 2 N–H and O–H groups in total. The number of hydrogen-bond acceptors (Lipinski definition) is 4. The molecule has 0 spiro atoms. The molecule has 0 saturated carbocycles. The topological polar surface area (TPSA) is 60.0 Å². The van der Waals surface area contributed by atoms with Crippen molar-refractivity contribution in [1.82, 2.24) is 19.7 Å². The maximum absolute atomic E-state index is 6.42. The fourth-order valence-corrected chi connectivity index (χ4v) is 2.68. The van der Waals surface area contributed by atoms with Gasteiger partial charge in [-0.15, -0.1) is 0 Å². The van der Waals surface area contributed by atoms with Crippen LogP contribution in [-0.2, 0) is 13.0 Å².